The number of nitro benzene ring substituents is 1. The van der Waals surface area contributed by atoms with Gasteiger partial charge in [0.1, 0.15) is 5.82 Å². The summed E-state index contributed by atoms with van der Waals surface area (Å²) in [5.41, 5.74) is 0.407. The van der Waals surface area contributed by atoms with Gasteiger partial charge in [0.2, 0.25) is 0 Å². The Hall–Kier alpha value is -2.94. The number of thioether (sulfide) groups is 1. The van der Waals surface area contributed by atoms with Crippen molar-refractivity contribution in [2.75, 3.05) is 19.4 Å². The summed E-state index contributed by atoms with van der Waals surface area (Å²) in [5.74, 6) is -1.68. The monoisotopic (exact) mass is 406 g/mol. The highest BCUT2D eigenvalue weighted by Crippen LogP contribution is 2.28. The highest BCUT2D eigenvalue weighted by Gasteiger charge is 2.20. The molecule has 9 heteroatoms. The normalized spacial score (nSPS) is 10.4. The molecular weight excluding hydrogens is 387 g/mol. The van der Waals surface area contributed by atoms with Crippen LogP contribution in [0, 0.1) is 15.9 Å². The van der Waals surface area contributed by atoms with Gasteiger partial charge in [-0.1, -0.05) is 12.1 Å². The van der Waals surface area contributed by atoms with E-state index < -0.39 is 29.2 Å². The van der Waals surface area contributed by atoms with Crippen molar-refractivity contribution in [3.8, 4) is 0 Å². The molecule has 0 atom stereocenters. The Morgan fingerprint density at radius 1 is 1.25 bits per heavy atom. The first-order chi connectivity index (χ1) is 13.3. The molecule has 2 rings (SSSR count). The molecule has 148 valence electrons. The maximum atomic E-state index is 13.3. The van der Waals surface area contributed by atoms with Crippen molar-refractivity contribution in [1.82, 2.24) is 4.90 Å². The summed E-state index contributed by atoms with van der Waals surface area (Å²) in [6, 6.07) is 9.88. The summed E-state index contributed by atoms with van der Waals surface area (Å²) in [6.07, 6.45) is 1.69. The number of rotatable bonds is 8. The van der Waals surface area contributed by atoms with E-state index in [4.69, 9.17) is 4.74 Å². The summed E-state index contributed by atoms with van der Waals surface area (Å²) in [4.78, 5) is 36.8. The van der Waals surface area contributed by atoms with Crippen LogP contribution < -0.4 is 0 Å². The minimum atomic E-state index is -0.828. The van der Waals surface area contributed by atoms with Crippen LogP contribution in [0.4, 0.5) is 10.1 Å². The van der Waals surface area contributed by atoms with Crippen molar-refractivity contribution in [1.29, 1.82) is 0 Å². The van der Waals surface area contributed by atoms with E-state index in [-0.39, 0.29) is 17.8 Å². The number of likely N-dealkylation sites (N-methyl/N-ethyl adjacent to an activating group) is 1. The smallest absolute Gasteiger partial charge is 0.338 e. The van der Waals surface area contributed by atoms with Gasteiger partial charge in [-0.15, -0.1) is 11.8 Å². The lowest BCUT2D eigenvalue weighted by Crippen LogP contribution is -2.34. The minimum Gasteiger partial charge on any atom is -0.452 e. The van der Waals surface area contributed by atoms with Crippen LogP contribution in [0.3, 0.4) is 0 Å². The number of ether oxygens (including phenoxy) is 1. The Labute approximate surface area is 165 Å². The van der Waals surface area contributed by atoms with Crippen molar-refractivity contribution >= 4 is 29.3 Å². The Balaban J connectivity index is 2.01. The van der Waals surface area contributed by atoms with Crippen LogP contribution in [0.15, 0.2) is 47.4 Å². The molecule has 1 amide bonds. The SMILES string of the molecule is CCN(Cc1cccc(F)c1)C(=O)COC(=O)c1ccc(SC)c([N+](=O)[O-])c1. The molecule has 0 bridgehead atoms. The zero-order valence-corrected chi connectivity index (χ0v) is 16.2. The fourth-order valence-electron chi connectivity index (χ4n) is 2.49. The Morgan fingerprint density at radius 2 is 2.00 bits per heavy atom. The molecule has 0 radical (unpaired) electrons. The molecule has 0 aliphatic rings. The van der Waals surface area contributed by atoms with E-state index in [1.807, 2.05) is 0 Å². The van der Waals surface area contributed by atoms with E-state index in [1.54, 1.807) is 25.3 Å². The predicted molar refractivity (Wildman–Crippen MR) is 103 cm³/mol. The average Bonchev–Trinajstić information content (AvgIpc) is 2.69. The predicted octanol–water partition coefficient (Wildman–Crippen LogP) is 3.66. The number of carbonyl (C=O) groups excluding carboxylic acids is 2. The van der Waals surface area contributed by atoms with E-state index in [0.29, 0.717) is 17.0 Å². The molecule has 0 fully saturated rings. The molecular formula is C19H19FN2O5S. The van der Waals surface area contributed by atoms with Gasteiger partial charge in [-0.2, -0.15) is 0 Å². The van der Waals surface area contributed by atoms with Gasteiger partial charge in [0.15, 0.2) is 6.61 Å². The first kappa shape index (κ1) is 21.4. The van der Waals surface area contributed by atoms with E-state index >= 15 is 0 Å². The Kier molecular flexibility index (Phi) is 7.51. The quantitative estimate of drug-likeness (QED) is 0.288. The molecule has 2 aromatic rings. The van der Waals surface area contributed by atoms with Crippen LogP contribution >= 0.6 is 11.8 Å². The molecule has 28 heavy (non-hydrogen) atoms. The molecule has 7 nitrogen and oxygen atoms in total. The van der Waals surface area contributed by atoms with Crippen molar-refractivity contribution in [3.05, 3.63) is 69.5 Å². The van der Waals surface area contributed by atoms with Crippen LogP contribution in [0.1, 0.15) is 22.8 Å². The first-order valence-corrected chi connectivity index (χ1v) is 9.60. The van der Waals surface area contributed by atoms with Gasteiger partial charge >= 0.3 is 5.97 Å². The van der Waals surface area contributed by atoms with Gasteiger partial charge in [0, 0.05) is 19.2 Å². The zero-order valence-electron chi connectivity index (χ0n) is 15.4. The number of amides is 1. The zero-order chi connectivity index (χ0) is 20.7. The van der Waals surface area contributed by atoms with Crippen LogP contribution in [0.5, 0.6) is 0 Å². The average molecular weight is 406 g/mol. The fraction of sp³-hybridized carbons (Fsp3) is 0.263. The van der Waals surface area contributed by atoms with Crippen LogP contribution in [0.2, 0.25) is 0 Å². The second kappa shape index (κ2) is 9.84. The summed E-state index contributed by atoms with van der Waals surface area (Å²) < 4.78 is 18.3. The standard InChI is InChI=1S/C19H19FN2O5S/c1-3-21(11-13-5-4-6-15(20)9-13)18(23)12-27-19(24)14-7-8-17(28-2)16(10-14)22(25)26/h4-10H,3,11-12H2,1-2H3. The van der Waals surface area contributed by atoms with Gasteiger partial charge in [0.05, 0.1) is 15.4 Å². The summed E-state index contributed by atoms with van der Waals surface area (Å²) in [5, 5.41) is 11.1. The van der Waals surface area contributed by atoms with Crippen molar-refractivity contribution in [2.45, 2.75) is 18.4 Å². The second-order valence-electron chi connectivity index (χ2n) is 5.76. The highest BCUT2D eigenvalue weighted by molar-refractivity contribution is 7.98. The molecule has 0 unspecified atom stereocenters. The number of hydrogen-bond donors (Lipinski definition) is 0. The molecule has 0 spiro atoms. The Bertz CT molecular complexity index is 890. The van der Waals surface area contributed by atoms with Gasteiger partial charge in [-0.25, -0.2) is 9.18 Å². The summed E-state index contributed by atoms with van der Waals surface area (Å²) in [6.45, 7) is 1.77. The topological polar surface area (TPSA) is 89.8 Å². The molecule has 0 saturated carbocycles. The molecule has 0 aliphatic carbocycles. The molecule has 0 N–H and O–H groups in total. The van der Waals surface area contributed by atoms with Gasteiger partial charge < -0.3 is 9.64 Å². The van der Waals surface area contributed by atoms with Gasteiger partial charge in [-0.3, -0.25) is 14.9 Å². The van der Waals surface area contributed by atoms with Crippen molar-refractivity contribution in [3.63, 3.8) is 0 Å². The third-order valence-electron chi connectivity index (χ3n) is 3.93. The maximum absolute atomic E-state index is 13.3. The second-order valence-corrected chi connectivity index (χ2v) is 6.61. The highest BCUT2D eigenvalue weighted by atomic mass is 32.2. The Morgan fingerprint density at radius 3 is 2.61 bits per heavy atom. The largest absolute Gasteiger partial charge is 0.452 e. The lowest BCUT2D eigenvalue weighted by atomic mass is 10.2. The molecule has 0 aliphatic heterocycles. The third kappa shape index (κ3) is 5.53. The van der Waals surface area contributed by atoms with Crippen LogP contribution in [-0.2, 0) is 16.1 Å². The first-order valence-electron chi connectivity index (χ1n) is 8.37. The van der Waals surface area contributed by atoms with E-state index in [9.17, 15) is 24.1 Å². The number of carbonyl (C=O) groups is 2. The number of esters is 1. The lowest BCUT2D eigenvalue weighted by molar-refractivity contribution is -0.387. The fourth-order valence-corrected chi connectivity index (χ4v) is 3.04. The van der Waals surface area contributed by atoms with Gasteiger partial charge in [-0.05, 0) is 43.0 Å². The van der Waals surface area contributed by atoms with Crippen molar-refractivity contribution in [2.24, 2.45) is 0 Å². The molecule has 0 aromatic heterocycles. The summed E-state index contributed by atoms with van der Waals surface area (Å²) in [7, 11) is 0. The number of hydrogen-bond acceptors (Lipinski definition) is 6. The summed E-state index contributed by atoms with van der Waals surface area (Å²) >= 11 is 1.19. The minimum absolute atomic E-state index is 0.00882. The third-order valence-corrected chi connectivity index (χ3v) is 4.72. The number of halogens is 1. The number of benzene rings is 2. The van der Waals surface area contributed by atoms with Crippen LogP contribution in [-0.4, -0.2) is 41.1 Å². The molecule has 0 saturated heterocycles. The van der Waals surface area contributed by atoms with Gasteiger partial charge in [0.25, 0.3) is 11.6 Å². The van der Waals surface area contributed by atoms with E-state index in [2.05, 4.69) is 0 Å². The van der Waals surface area contributed by atoms with Crippen molar-refractivity contribution < 1.29 is 23.6 Å². The molecule has 0 heterocycles. The van der Waals surface area contributed by atoms with Crippen LogP contribution in [0.25, 0.3) is 0 Å². The lowest BCUT2D eigenvalue weighted by Gasteiger charge is -2.21. The van der Waals surface area contributed by atoms with E-state index in [0.717, 1.165) is 6.07 Å². The maximum Gasteiger partial charge on any atom is 0.338 e. The number of nitrogens with zero attached hydrogens (tertiary/aromatic N) is 2. The van der Waals surface area contributed by atoms with E-state index in [1.165, 1.54) is 40.9 Å². The molecule has 2 aromatic carbocycles. The number of nitro groups is 1.